The molecule has 0 aromatic heterocycles. The molecule has 2 heterocycles. The summed E-state index contributed by atoms with van der Waals surface area (Å²) in [6, 6.07) is 13.0. The smallest absolute Gasteiger partial charge is 0.264 e. The number of hydrogen-bond acceptors (Lipinski definition) is 5. The molecule has 2 amide bonds. The van der Waals surface area contributed by atoms with Crippen molar-refractivity contribution >= 4 is 35.3 Å². The Balaban J connectivity index is 1.51. The van der Waals surface area contributed by atoms with Crippen LogP contribution in [0.4, 0.5) is 5.69 Å². The molecule has 156 valence electrons. The van der Waals surface area contributed by atoms with Crippen LogP contribution in [0.2, 0.25) is 0 Å². The van der Waals surface area contributed by atoms with Crippen molar-refractivity contribution in [2.45, 2.75) is 23.8 Å². The fourth-order valence-electron chi connectivity index (χ4n) is 3.50. The van der Waals surface area contributed by atoms with Crippen molar-refractivity contribution in [3.05, 3.63) is 58.5 Å². The van der Waals surface area contributed by atoms with E-state index in [4.69, 9.17) is 9.47 Å². The number of nitrogens with zero attached hydrogens (tertiary/aromatic N) is 1. The van der Waals surface area contributed by atoms with Gasteiger partial charge < -0.3 is 19.7 Å². The van der Waals surface area contributed by atoms with Gasteiger partial charge in [0.25, 0.3) is 11.8 Å². The second-order valence-electron chi connectivity index (χ2n) is 7.28. The third kappa shape index (κ3) is 4.37. The molecule has 1 fully saturated rings. The third-order valence-corrected chi connectivity index (χ3v) is 6.32. The van der Waals surface area contributed by atoms with Crippen molar-refractivity contribution in [2.75, 3.05) is 32.2 Å². The molecule has 4 rings (SSSR count). The Bertz CT molecular complexity index is 981. The summed E-state index contributed by atoms with van der Waals surface area (Å²) >= 11 is 1.41. The summed E-state index contributed by atoms with van der Waals surface area (Å²) in [6.07, 6.45) is 3.98. The van der Waals surface area contributed by atoms with Crippen molar-refractivity contribution in [2.24, 2.45) is 0 Å². The van der Waals surface area contributed by atoms with Gasteiger partial charge in [0.05, 0.1) is 23.8 Å². The Kier molecular flexibility index (Phi) is 6.11. The normalized spacial score (nSPS) is 19.7. The fourth-order valence-corrected chi connectivity index (χ4v) is 4.59. The van der Waals surface area contributed by atoms with Gasteiger partial charge in [-0.05, 0) is 54.8 Å². The van der Waals surface area contributed by atoms with E-state index < -0.39 is 0 Å². The first-order valence-corrected chi connectivity index (χ1v) is 10.7. The van der Waals surface area contributed by atoms with E-state index in [1.54, 1.807) is 31.2 Å². The molecule has 2 aromatic carbocycles. The summed E-state index contributed by atoms with van der Waals surface area (Å²) in [6.45, 7) is 1.27. The van der Waals surface area contributed by atoms with Crippen LogP contribution in [-0.4, -0.2) is 45.2 Å². The first-order chi connectivity index (χ1) is 14.5. The van der Waals surface area contributed by atoms with Gasteiger partial charge in [0, 0.05) is 30.7 Å². The maximum Gasteiger partial charge on any atom is 0.264 e. The van der Waals surface area contributed by atoms with E-state index >= 15 is 0 Å². The Hall–Kier alpha value is -2.77. The molecule has 0 bridgehead atoms. The molecule has 0 saturated carbocycles. The van der Waals surface area contributed by atoms with Gasteiger partial charge in [-0.1, -0.05) is 23.9 Å². The highest BCUT2D eigenvalue weighted by atomic mass is 32.2. The van der Waals surface area contributed by atoms with E-state index in [1.165, 1.54) is 11.8 Å². The lowest BCUT2D eigenvalue weighted by Crippen LogP contribution is -2.33. The van der Waals surface area contributed by atoms with E-state index in [2.05, 4.69) is 5.32 Å². The number of thioether (sulfide) groups is 1. The minimum absolute atomic E-state index is 0.0945. The maximum atomic E-state index is 12.9. The van der Waals surface area contributed by atoms with E-state index in [-0.39, 0.29) is 17.9 Å². The molecule has 2 aliphatic heterocycles. The van der Waals surface area contributed by atoms with Gasteiger partial charge in [-0.2, -0.15) is 0 Å². The summed E-state index contributed by atoms with van der Waals surface area (Å²) in [5, 5.41) is 2.93. The zero-order valence-electron chi connectivity index (χ0n) is 17.0. The Morgan fingerprint density at radius 2 is 2.10 bits per heavy atom. The zero-order chi connectivity index (χ0) is 21.1. The second kappa shape index (κ2) is 8.93. The van der Waals surface area contributed by atoms with Crippen LogP contribution in [-0.2, 0) is 9.53 Å². The molecule has 0 radical (unpaired) electrons. The number of rotatable bonds is 5. The number of methoxy groups -OCH3 is 1. The monoisotopic (exact) mass is 424 g/mol. The minimum Gasteiger partial charge on any atom is -0.497 e. The van der Waals surface area contributed by atoms with Gasteiger partial charge in [-0.3, -0.25) is 9.59 Å². The molecule has 1 atom stereocenters. The van der Waals surface area contributed by atoms with Crippen molar-refractivity contribution in [3.8, 4) is 5.75 Å². The first-order valence-electron chi connectivity index (χ1n) is 9.90. The second-order valence-corrected chi connectivity index (χ2v) is 8.36. The van der Waals surface area contributed by atoms with Crippen LogP contribution in [0, 0.1) is 0 Å². The number of carbonyl (C=O) groups excluding carboxylic acids is 2. The van der Waals surface area contributed by atoms with Gasteiger partial charge in [0.1, 0.15) is 5.75 Å². The van der Waals surface area contributed by atoms with Crippen molar-refractivity contribution in [3.63, 3.8) is 0 Å². The molecule has 2 aromatic rings. The van der Waals surface area contributed by atoms with Crippen LogP contribution < -0.4 is 15.0 Å². The lowest BCUT2D eigenvalue weighted by atomic mass is 10.1. The first kappa shape index (κ1) is 20.5. The number of hydrogen-bond donors (Lipinski definition) is 1. The molecular formula is C23H24N2O4S. The molecule has 2 aliphatic rings. The van der Waals surface area contributed by atoms with Gasteiger partial charge in [0.15, 0.2) is 0 Å². The van der Waals surface area contributed by atoms with Gasteiger partial charge in [-0.15, -0.1) is 0 Å². The van der Waals surface area contributed by atoms with Crippen LogP contribution in [0.15, 0.2) is 52.3 Å². The van der Waals surface area contributed by atoms with Crippen molar-refractivity contribution in [1.29, 1.82) is 0 Å². The number of fused-ring (bicyclic) bond motifs is 1. The molecule has 0 spiro atoms. The lowest BCUT2D eigenvalue weighted by Gasteiger charge is -2.27. The number of carbonyl (C=O) groups is 2. The predicted molar refractivity (Wildman–Crippen MR) is 118 cm³/mol. The topological polar surface area (TPSA) is 67.9 Å². The third-order valence-electron chi connectivity index (χ3n) is 5.25. The quantitative estimate of drug-likeness (QED) is 0.741. The lowest BCUT2D eigenvalue weighted by molar-refractivity contribution is -0.114. The zero-order valence-corrected chi connectivity index (χ0v) is 17.8. The van der Waals surface area contributed by atoms with Crippen LogP contribution in [0.1, 0.15) is 28.8 Å². The molecule has 0 aliphatic carbocycles. The number of ether oxygens (including phenoxy) is 2. The highest BCUT2D eigenvalue weighted by Crippen LogP contribution is 2.42. The molecule has 1 N–H and O–H groups in total. The highest BCUT2D eigenvalue weighted by Gasteiger charge is 2.27. The number of anilines is 1. The van der Waals surface area contributed by atoms with Gasteiger partial charge >= 0.3 is 0 Å². The van der Waals surface area contributed by atoms with E-state index in [0.29, 0.717) is 17.0 Å². The van der Waals surface area contributed by atoms with E-state index in [0.717, 1.165) is 41.3 Å². The molecule has 30 heavy (non-hydrogen) atoms. The Labute approximate surface area is 180 Å². The number of likely N-dealkylation sites (N-methyl/N-ethyl adjacent to an activating group) is 1. The summed E-state index contributed by atoms with van der Waals surface area (Å²) in [5.74, 6) is 0.520. The number of benzene rings is 2. The fraction of sp³-hybridized carbons (Fsp3) is 0.304. The van der Waals surface area contributed by atoms with Crippen LogP contribution in [0.25, 0.3) is 6.08 Å². The molecular weight excluding hydrogens is 400 g/mol. The summed E-state index contributed by atoms with van der Waals surface area (Å²) < 4.78 is 10.7. The predicted octanol–water partition coefficient (Wildman–Crippen LogP) is 3.71. The highest BCUT2D eigenvalue weighted by molar-refractivity contribution is 8.04. The Morgan fingerprint density at radius 3 is 2.80 bits per heavy atom. The number of nitrogens with one attached hydrogen (secondary N) is 1. The molecule has 0 unspecified atom stereocenters. The van der Waals surface area contributed by atoms with Gasteiger partial charge in [-0.25, -0.2) is 0 Å². The summed E-state index contributed by atoms with van der Waals surface area (Å²) in [7, 11) is 3.35. The van der Waals surface area contributed by atoms with Crippen molar-refractivity contribution in [1.82, 2.24) is 5.32 Å². The molecule has 7 heteroatoms. The van der Waals surface area contributed by atoms with E-state index in [1.807, 2.05) is 36.4 Å². The van der Waals surface area contributed by atoms with Crippen LogP contribution in [0.5, 0.6) is 5.75 Å². The van der Waals surface area contributed by atoms with Gasteiger partial charge in [0.2, 0.25) is 0 Å². The SMILES string of the molecule is COc1ccc(/C=C2\Sc3ccc(C(=O)NC[C@@H]4CCCO4)cc3N(C)C2=O)cc1. The maximum absolute atomic E-state index is 12.9. The Morgan fingerprint density at radius 1 is 1.30 bits per heavy atom. The summed E-state index contributed by atoms with van der Waals surface area (Å²) in [5.41, 5.74) is 2.20. The summed E-state index contributed by atoms with van der Waals surface area (Å²) in [4.78, 5) is 28.6. The van der Waals surface area contributed by atoms with Crippen molar-refractivity contribution < 1.29 is 19.1 Å². The average Bonchev–Trinajstić information content (AvgIpc) is 3.29. The van der Waals surface area contributed by atoms with Crippen LogP contribution in [0.3, 0.4) is 0 Å². The average molecular weight is 425 g/mol. The van der Waals surface area contributed by atoms with E-state index in [9.17, 15) is 9.59 Å². The largest absolute Gasteiger partial charge is 0.497 e. The molecule has 6 nitrogen and oxygen atoms in total. The van der Waals surface area contributed by atoms with Crippen LogP contribution >= 0.6 is 11.8 Å². The standard InChI is InChI=1S/C23H24N2O4S/c1-25-19-13-16(22(26)24-14-18-4-3-11-29-18)7-10-20(19)30-21(23(25)27)12-15-5-8-17(28-2)9-6-15/h5-10,12-13,18H,3-4,11,14H2,1-2H3,(H,24,26)/b21-12-/t18-/m0/s1. The molecule has 1 saturated heterocycles. The minimum atomic E-state index is -0.154. The number of amides is 2.